The second-order valence-corrected chi connectivity index (χ2v) is 33.1. The van der Waals surface area contributed by atoms with Crippen LogP contribution in [0.5, 0.6) is 0 Å². The van der Waals surface area contributed by atoms with Crippen LogP contribution < -0.4 is 26.2 Å². The second kappa shape index (κ2) is 27.3. The van der Waals surface area contributed by atoms with Gasteiger partial charge in [0.25, 0.3) is 6.71 Å². The molecule has 0 saturated heterocycles. The molecule has 18 aromatic rings. The maximum atomic E-state index is 9.82. The summed E-state index contributed by atoms with van der Waals surface area (Å²) in [5, 5.41) is 2.33. The topological polar surface area (TPSA) is 11.4 Å². The van der Waals surface area contributed by atoms with Crippen molar-refractivity contribution in [2.45, 2.75) is 57.8 Å². The Morgan fingerprint density at radius 3 is 1.24 bits per heavy atom. The number of hydrogen-bond donors (Lipinski definition) is 0. The van der Waals surface area contributed by atoms with Crippen LogP contribution in [0.4, 0.5) is 34.1 Å². The first-order valence-electron chi connectivity index (χ1n) is 42.6. The third-order valence-corrected chi connectivity index (χ3v) is 24.4. The largest absolute Gasteiger partial charge is 0.310 e. The van der Waals surface area contributed by atoms with Crippen molar-refractivity contribution < 1.29 is 6.85 Å². The van der Waals surface area contributed by atoms with E-state index in [1.807, 2.05) is 6.07 Å². The van der Waals surface area contributed by atoms with E-state index in [-0.39, 0.29) is 28.5 Å². The molecule has 115 heavy (non-hydrogen) atoms. The number of nitrogens with zero attached hydrogens (tertiary/aromatic N) is 3. The molecule has 0 unspecified atom stereocenters. The first kappa shape index (κ1) is 63.8. The highest BCUT2D eigenvalue weighted by atomic mass is 15.2. The van der Waals surface area contributed by atoms with Crippen LogP contribution in [-0.4, -0.2) is 11.3 Å². The Labute approximate surface area is 682 Å². The fourth-order valence-electron chi connectivity index (χ4n) is 19.1. The normalized spacial score (nSPS) is 13.8. The van der Waals surface area contributed by atoms with Crippen LogP contribution >= 0.6 is 0 Å². The van der Waals surface area contributed by atoms with Gasteiger partial charge in [0.2, 0.25) is 0 Å². The molecule has 1 aromatic heterocycles. The summed E-state index contributed by atoms with van der Waals surface area (Å²) in [6.45, 7) is 13.2. The molecule has 0 fully saturated rings. The quantitative estimate of drug-likeness (QED) is 0.113. The lowest BCUT2D eigenvalue weighted by Crippen LogP contribution is -2.61. The summed E-state index contributed by atoms with van der Waals surface area (Å²) in [7, 11) is 0. The predicted octanol–water partition coefficient (Wildman–Crippen LogP) is 27.5. The van der Waals surface area contributed by atoms with Crippen molar-refractivity contribution in [2.75, 3.05) is 9.80 Å². The maximum Gasteiger partial charge on any atom is 0.252 e. The average Bonchev–Trinajstić information content (AvgIpc) is 1.66. The molecular formula is C111H84BN3. The number of para-hydroxylation sites is 1. The monoisotopic (exact) mass is 1470 g/mol. The Hall–Kier alpha value is -13.8. The van der Waals surface area contributed by atoms with Crippen LogP contribution in [0.15, 0.2) is 400 Å². The van der Waals surface area contributed by atoms with Gasteiger partial charge in [-0.1, -0.05) is 381 Å². The zero-order chi connectivity index (χ0) is 81.6. The van der Waals surface area contributed by atoms with Crippen molar-refractivity contribution in [1.29, 1.82) is 0 Å². The van der Waals surface area contributed by atoms with Crippen LogP contribution in [0.1, 0.15) is 81.8 Å². The van der Waals surface area contributed by atoms with E-state index in [4.69, 9.17) is 1.37 Å². The van der Waals surface area contributed by atoms with E-state index in [0.717, 1.165) is 145 Å². The third-order valence-electron chi connectivity index (χ3n) is 24.4. The van der Waals surface area contributed by atoms with E-state index in [1.165, 1.54) is 44.5 Å². The fraction of sp³-hybridized carbons (Fsp3) is 0.0811. The lowest BCUT2D eigenvalue weighted by molar-refractivity contribution is 0.590. The highest BCUT2D eigenvalue weighted by Crippen LogP contribution is 2.61. The second-order valence-electron chi connectivity index (χ2n) is 33.1. The number of benzene rings is 17. The highest BCUT2D eigenvalue weighted by Gasteiger charge is 2.50. The maximum absolute atomic E-state index is 9.82. The van der Waals surface area contributed by atoms with Crippen LogP contribution in [0.3, 0.4) is 0 Å². The minimum Gasteiger partial charge on any atom is -0.310 e. The summed E-state index contributed by atoms with van der Waals surface area (Å²) in [4.78, 5) is 5.17. The SMILES string of the molecule is [2H]c1c([2H])c([2H])c(-c2ccc3c(c2)B2c4ccc(-c5cccc6c5C(c5ccccc5)(c5ccccc5)c5ccccc5-6)cc4N(c4c(-c5ccccc5)cc(-c5ccccc5)cc4-c4ccccc4)c4cc(-n5c6ccc(C(C)(C)C)cc6c6cc(C(C)(C)C)ccc65)cc(c42)N3c2c(-c3ccccc3)cccc2-c2ccccc2)c([2H])c1[2H]. The van der Waals surface area contributed by atoms with Crippen molar-refractivity contribution in [2.24, 2.45) is 0 Å². The van der Waals surface area contributed by atoms with Gasteiger partial charge in [-0.05, 0) is 188 Å². The molecule has 0 radical (unpaired) electrons. The lowest BCUT2D eigenvalue weighted by atomic mass is 9.33. The van der Waals surface area contributed by atoms with E-state index in [1.54, 1.807) is 0 Å². The molecule has 0 atom stereocenters. The van der Waals surface area contributed by atoms with Crippen LogP contribution in [0.25, 0.3) is 117 Å². The first-order valence-corrected chi connectivity index (χ1v) is 40.1. The van der Waals surface area contributed by atoms with E-state index < -0.39 is 30.3 Å². The molecule has 0 bridgehead atoms. The van der Waals surface area contributed by atoms with E-state index in [9.17, 15) is 5.48 Å². The number of hydrogen-bond acceptors (Lipinski definition) is 2. The van der Waals surface area contributed by atoms with Gasteiger partial charge in [0.15, 0.2) is 0 Å². The van der Waals surface area contributed by atoms with Gasteiger partial charge in [-0.3, -0.25) is 0 Å². The standard InChI is InChI=1S/C111H84BN3/c1-109(2,3)84-59-63-99-94(69-84)95-70-85(110(4,5)6)60-64-100(95)113(99)86-71-103-106-104(72-86)115(108-92(77-43-23-11-24-44-77)65-81(74-37-17-8-18-38-74)66-93(108)78-45-25-12-26-46-78)102-68-80(87-52-33-55-91-90-51-31-32-56-96(90)111(105(87)91,82-47-27-13-28-48-82)83-49-29-14-30-50-83)57-61-97(102)112(106)98-67-79(73-35-15-7-16-36-73)58-62-101(98)114(103)107-88(75-39-19-9-20-40-75)53-34-54-89(107)76-41-21-10-22-42-76/h7-72H,1-6H3/i7D,15D,16D,35D,36D. The Bertz CT molecular complexity index is 6900. The summed E-state index contributed by atoms with van der Waals surface area (Å²) < 4.78 is 49.7. The molecule has 3 nitrogen and oxygen atoms in total. The van der Waals surface area contributed by atoms with Gasteiger partial charge in [0, 0.05) is 55.8 Å². The molecule has 0 N–H and O–H groups in total. The number of anilines is 6. The Kier molecular flexibility index (Phi) is 15.1. The minimum atomic E-state index is -0.769. The van der Waals surface area contributed by atoms with E-state index in [0.29, 0.717) is 5.56 Å². The van der Waals surface area contributed by atoms with Crippen LogP contribution in [-0.2, 0) is 16.2 Å². The molecular weight excluding hydrogens is 1390 g/mol. The van der Waals surface area contributed by atoms with E-state index in [2.05, 4.69) is 420 Å². The number of fused-ring (bicyclic) bond motifs is 10. The third kappa shape index (κ3) is 11.2. The Morgan fingerprint density at radius 1 is 0.287 bits per heavy atom. The number of rotatable bonds is 12. The minimum absolute atomic E-state index is 0.132. The molecule has 2 aliphatic heterocycles. The van der Waals surface area contributed by atoms with Gasteiger partial charge in [0.1, 0.15) is 0 Å². The van der Waals surface area contributed by atoms with Crippen molar-refractivity contribution in [3.05, 3.63) is 434 Å². The van der Waals surface area contributed by atoms with Crippen molar-refractivity contribution in [3.8, 4) is 94.7 Å². The molecule has 0 spiro atoms. The lowest BCUT2D eigenvalue weighted by Gasteiger charge is -2.46. The molecule has 3 heterocycles. The highest BCUT2D eigenvalue weighted by molar-refractivity contribution is 7.00. The van der Waals surface area contributed by atoms with Gasteiger partial charge in [0.05, 0.1) is 40.4 Å². The summed E-state index contributed by atoms with van der Waals surface area (Å²) in [5.74, 6) is 0. The van der Waals surface area contributed by atoms with Crippen LogP contribution in [0, 0.1) is 0 Å². The molecule has 546 valence electrons. The van der Waals surface area contributed by atoms with Gasteiger partial charge >= 0.3 is 0 Å². The van der Waals surface area contributed by atoms with Gasteiger partial charge in [-0.25, -0.2) is 0 Å². The summed E-state index contributed by atoms with van der Waals surface area (Å²) in [6, 6.07) is 135. The Morgan fingerprint density at radius 2 is 0.722 bits per heavy atom. The van der Waals surface area contributed by atoms with Gasteiger partial charge < -0.3 is 14.4 Å². The van der Waals surface area contributed by atoms with Gasteiger partial charge in [-0.15, -0.1) is 0 Å². The van der Waals surface area contributed by atoms with E-state index >= 15 is 0 Å². The van der Waals surface area contributed by atoms with Gasteiger partial charge in [-0.2, -0.15) is 0 Å². The molecule has 21 rings (SSSR count). The van der Waals surface area contributed by atoms with Crippen molar-refractivity contribution in [1.82, 2.24) is 4.57 Å². The molecule has 4 heteroatoms. The molecule has 0 saturated carbocycles. The molecule has 1 aliphatic carbocycles. The molecule has 3 aliphatic rings. The molecule has 17 aromatic carbocycles. The zero-order valence-electron chi connectivity index (χ0n) is 70.1. The van der Waals surface area contributed by atoms with Crippen LogP contribution in [0.2, 0.25) is 0 Å². The first-order chi connectivity index (χ1) is 58.4. The average molecular weight is 1480 g/mol. The fourth-order valence-corrected chi connectivity index (χ4v) is 19.1. The summed E-state index contributed by atoms with van der Waals surface area (Å²) in [6.07, 6.45) is 0. The number of aromatic nitrogens is 1. The van der Waals surface area contributed by atoms with Crippen molar-refractivity contribution in [3.63, 3.8) is 0 Å². The predicted molar refractivity (Wildman–Crippen MR) is 488 cm³/mol. The summed E-state index contributed by atoms with van der Waals surface area (Å²) in [5.41, 5.74) is 33.2. The van der Waals surface area contributed by atoms with Crippen molar-refractivity contribution >= 4 is 79.0 Å². The Balaban J connectivity index is 0.978. The molecule has 0 amide bonds. The smallest absolute Gasteiger partial charge is 0.252 e. The zero-order valence-corrected chi connectivity index (χ0v) is 65.1. The summed E-state index contributed by atoms with van der Waals surface area (Å²) >= 11 is 0.